The molecule has 2 fully saturated rings. The fourth-order valence-corrected chi connectivity index (χ4v) is 2.80. The number of nitrogens with zero attached hydrogens (tertiary/aromatic N) is 3. The number of nitrogens with one attached hydrogen (secondary N) is 2. The van der Waals surface area contributed by atoms with Gasteiger partial charge < -0.3 is 15.4 Å². The minimum atomic E-state index is -0.386. The Balaban J connectivity index is 1.45. The second kappa shape index (κ2) is 9.49. The third-order valence-electron chi connectivity index (χ3n) is 4.53. The van der Waals surface area contributed by atoms with Crippen LogP contribution < -0.4 is 10.6 Å². The van der Waals surface area contributed by atoms with Gasteiger partial charge in [0, 0.05) is 37.8 Å². The van der Waals surface area contributed by atoms with Crippen molar-refractivity contribution < 1.29 is 9.66 Å². The zero-order chi connectivity index (χ0) is 18.2. The molecule has 0 unspecified atom stereocenters. The van der Waals surface area contributed by atoms with Gasteiger partial charge in [-0.2, -0.15) is 0 Å². The molecule has 8 heteroatoms. The smallest absolute Gasteiger partial charge is 0.269 e. The van der Waals surface area contributed by atoms with Crippen molar-refractivity contribution in [1.82, 2.24) is 15.5 Å². The van der Waals surface area contributed by atoms with Crippen molar-refractivity contribution in [1.29, 1.82) is 0 Å². The molecule has 3 rings (SSSR count). The van der Waals surface area contributed by atoms with Crippen LogP contribution in [0.1, 0.15) is 24.8 Å². The van der Waals surface area contributed by atoms with Crippen molar-refractivity contribution in [3.05, 3.63) is 39.9 Å². The zero-order valence-electron chi connectivity index (χ0n) is 15.0. The fraction of sp³-hybridized carbons (Fsp3) is 0.611. The summed E-state index contributed by atoms with van der Waals surface area (Å²) in [4.78, 5) is 17.4. The van der Waals surface area contributed by atoms with E-state index in [2.05, 4.69) is 20.5 Å². The maximum absolute atomic E-state index is 10.7. The Morgan fingerprint density at radius 1 is 1.27 bits per heavy atom. The summed E-state index contributed by atoms with van der Waals surface area (Å²) in [6, 6.07) is 7.09. The van der Waals surface area contributed by atoms with E-state index in [0.717, 1.165) is 57.3 Å². The highest BCUT2D eigenvalue weighted by molar-refractivity contribution is 5.80. The van der Waals surface area contributed by atoms with Crippen LogP contribution in [0, 0.1) is 10.1 Å². The number of rotatable bonds is 8. The zero-order valence-corrected chi connectivity index (χ0v) is 15.0. The molecule has 1 aliphatic heterocycles. The summed E-state index contributed by atoms with van der Waals surface area (Å²) in [5.74, 6) is 0.827. The Bertz CT molecular complexity index is 610. The average molecular weight is 361 g/mol. The first kappa shape index (κ1) is 18.6. The number of guanidine groups is 1. The topological polar surface area (TPSA) is 92.0 Å². The molecule has 8 nitrogen and oxygen atoms in total. The lowest BCUT2D eigenvalue weighted by Gasteiger charge is -2.26. The van der Waals surface area contributed by atoms with Gasteiger partial charge in [-0.15, -0.1) is 0 Å². The summed E-state index contributed by atoms with van der Waals surface area (Å²) >= 11 is 0. The van der Waals surface area contributed by atoms with Crippen molar-refractivity contribution in [2.75, 3.05) is 39.4 Å². The van der Waals surface area contributed by atoms with Gasteiger partial charge in [0.1, 0.15) is 0 Å². The number of non-ortho nitro benzene ring substituents is 1. The molecule has 26 heavy (non-hydrogen) atoms. The number of ether oxygens (including phenoxy) is 1. The highest BCUT2D eigenvalue weighted by Crippen LogP contribution is 2.18. The van der Waals surface area contributed by atoms with E-state index in [4.69, 9.17) is 4.74 Å². The first-order chi connectivity index (χ1) is 12.7. The van der Waals surface area contributed by atoms with Crippen molar-refractivity contribution in [3.63, 3.8) is 0 Å². The van der Waals surface area contributed by atoms with Crippen LogP contribution in [0.25, 0.3) is 0 Å². The van der Waals surface area contributed by atoms with Crippen LogP contribution in [-0.4, -0.2) is 61.2 Å². The average Bonchev–Trinajstić information content (AvgIpc) is 3.48. The molecule has 2 aliphatic rings. The van der Waals surface area contributed by atoms with Crippen molar-refractivity contribution in [3.8, 4) is 0 Å². The summed E-state index contributed by atoms with van der Waals surface area (Å²) in [6.45, 7) is 6.13. The van der Waals surface area contributed by atoms with Crippen LogP contribution in [0.3, 0.4) is 0 Å². The first-order valence-corrected chi connectivity index (χ1v) is 9.29. The Labute approximate surface area is 153 Å². The van der Waals surface area contributed by atoms with Crippen molar-refractivity contribution in [2.24, 2.45) is 4.99 Å². The van der Waals surface area contributed by atoms with Gasteiger partial charge in [-0.3, -0.25) is 15.0 Å². The predicted molar refractivity (Wildman–Crippen MR) is 100 cm³/mol. The van der Waals surface area contributed by atoms with Crippen molar-refractivity contribution >= 4 is 11.6 Å². The highest BCUT2D eigenvalue weighted by atomic mass is 16.6. The molecule has 1 aromatic rings. The molecule has 1 heterocycles. The molecule has 1 aliphatic carbocycles. The molecule has 1 saturated heterocycles. The van der Waals surface area contributed by atoms with Crippen LogP contribution >= 0.6 is 0 Å². The summed E-state index contributed by atoms with van der Waals surface area (Å²) in [6.07, 6.45) is 3.43. The Kier molecular flexibility index (Phi) is 6.79. The largest absolute Gasteiger partial charge is 0.379 e. The number of morpholine rings is 1. The van der Waals surface area contributed by atoms with Crippen LogP contribution in [0.15, 0.2) is 29.3 Å². The third kappa shape index (κ3) is 6.27. The van der Waals surface area contributed by atoms with E-state index in [1.165, 1.54) is 25.0 Å². The van der Waals surface area contributed by atoms with E-state index < -0.39 is 0 Å². The monoisotopic (exact) mass is 361 g/mol. The Morgan fingerprint density at radius 3 is 2.65 bits per heavy atom. The van der Waals surface area contributed by atoms with Gasteiger partial charge in [0.05, 0.1) is 24.7 Å². The minimum Gasteiger partial charge on any atom is -0.379 e. The molecular weight excluding hydrogens is 334 g/mol. The summed E-state index contributed by atoms with van der Waals surface area (Å²) < 4.78 is 5.37. The molecule has 0 amide bonds. The number of hydrogen-bond acceptors (Lipinski definition) is 5. The number of benzene rings is 1. The third-order valence-corrected chi connectivity index (χ3v) is 4.53. The molecule has 0 spiro atoms. The second-order valence-corrected chi connectivity index (χ2v) is 6.74. The summed E-state index contributed by atoms with van der Waals surface area (Å²) in [5.41, 5.74) is 1.07. The Morgan fingerprint density at radius 2 is 2.00 bits per heavy atom. The van der Waals surface area contributed by atoms with E-state index in [-0.39, 0.29) is 10.6 Å². The number of hydrogen-bond donors (Lipinski definition) is 2. The van der Waals surface area contributed by atoms with Gasteiger partial charge in [0.15, 0.2) is 5.96 Å². The summed E-state index contributed by atoms with van der Waals surface area (Å²) in [5, 5.41) is 17.5. The minimum absolute atomic E-state index is 0.107. The number of aliphatic imine (C=N–C) groups is 1. The van der Waals surface area contributed by atoms with Crippen molar-refractivity contribution in [2.45, 2.75) is 31.8 Å². The van der Waals surface area contributed by atoms with Crippen LogP contribution in [-0.2, 0) is 11.3 Å². The van der Waals surface area contributed by atoms with E-state index >= 15 is 0 Å². The fourth-order valence-electron chi connectivity index (χ4n) is 2.80. The quantitative estimate of drug-likeness (QED) is 0.240. The molecule has 0 bridgehead atoms. The van der Waals surface area contributed by atoms with Gasteiger partial charge in [0.2, 0.25) is 0 Å². The lowest BCUT2D eigenvalue weighted by atomic mass is 10.2. The molecule has 142 valence electrons. The Hall–Kier alpha value is -2.19. The van der Waals surface area contributed by atoms with Gasteiger partial charge in [-0.1, -0.05) is 12.1 Å². The molecule has 1 saturated carbocycles. The molecule has 2 N–H and O–H groups in total. The maximum Gasteiger partial charge on any atom is 0.269 e. The normalized spacial score (nSPS) is 18.5. The van der Waals surface area contributed by atoms with Crippen LogP contribution in [0.2, 0.25) is 0 Å². The van der Waals surface area contributed by atoms with Gasteiger partial charge in [-0.05, 0) is 31.4 Å². The van der Waals surface area contributed by atoms with Crippen LogP contribution in [0.4, 0.5) is 5.69 Å². The lowest BCUT2D eigenvalue weighted by molar-refractivity contribution is -0.384. The maximum atomic E-state index is 10.7. The van der Waals surface area contributed by atoms with E-state index in [1.807, 2.05) is 0 Å². The van der Waals surface area contributed by atoms with Gasteiger partial charge in [-0.25, -0.2) is 4.99 Å². The van der Waals surface area contributed by atoms with Gasteiger partial charge >= 0.3 is 0 Å². The van der Waals surface area contributed by atoms with Crippen LogP contribution in [0.5, 0.6) is 0 Å². The lowest BCUT2D eigenvalue weighted by Crippen LogP contribution is -2.41. The first-order valence-electron chi connectivity index (χ1n) is 9.29. The van der Waals surface area contributed by atoms with Gasteiger partial charge in [0.25, 0.3) is 5.69 Å². The molecule has 0 aromatic heterocycles. The standard InChI is InChI=1S/C18H27N5O3/c24-23(25)17-6-2-15(3-7-17)14-20-18(21-16-4-5-16)19-8-1-9-22-10-12-26-13-11-22/h2-3,6-7,16H,1,4-5,8-14H2,(H2,19,20,21). The predicted octanol–water partition coefficient (Wildman–Crippen LogP) is 1.51. The highest BCUT2D eigenvalue weighted by Gasteiger charge is 2.22. The number of nitro groups is 1. The van der Waals surface area contributed by atoms with E-state index in [0.29, 0.717) is 12.6 Å². The number of nitro benzene ring substituents is 1. The molecular formula is C18H27N5O3. The molecule has 1 aromatic carbocycles. The van der Waals surface area contributed by atoms with E-state index in [9.17, 15) is 10.1 Å². The molecule has 0 atom stereocenters. The SMILES string of the molecule is O=[N+]([O-])c1ccc(CN=C(NCCCN2CCOCC2)NC2CC2)cc1. The molecule has 0 radical (unpaired) electrons. The second-order valence-electron chi connectivity index (χ2n) is 6.74. The summed E-state index contributed by atoms with van der Waals surface area (Å²) in [7, 11) is 0. The van der Waals surface area contributed by atoms with E-state index in [1.54, 1.807) is 12.1 Å².